The zero-order chi connectivity index (χ0) is 6.85. The molecule has 2 N–H and O–H groups in total. The molecule has 0 amide bonds. The van der Waals surface area contributed by atoms with E-state index in [1.54, 1.807) is 6.20 Å². The molecule has 0 spiro atoms. The molecule has 1 heterocycles. The maximum atomic E-state index is 5.45. The van der Waals surface area contributed by atoms with Gasteiger partial charge in [-0.1, -0.05) is 4.68 Å². The molecule has 0 aliphatic heterocycles. The van der Waals surface area contributed by atoms with E-state index < -0.39 is 0 Å². The molecular weight excluding hydrogens is 180 g/mol. The van der Waals surface area contributed by atoms with Crippen LogP contribution in [-0.4, -0.2) is 0 Å². The molecule has 0 atom stereocenters. The average molecular weight is 188 g/mol. The van der Waals surface area contributed by atoms with E-state index in [-0.39, 0.29) is 0 Å². The van der Waals surface area contributed by atoms with Gasteiger partial charge in [0.15, 0.2) is 0 Å². The van der Waals surface area contributed by atoms with Crippen molar-refractivity contribution in [3.8, 4) is 0 Å². The van der Waals surface area contributed by atoms with E-state index in [0.29, 0.717) is 0 Å². The maximum Gasteiger partial charge on any atom is 0.213 e. The Bertz CT molecular complexity index is 172. The summed E-state index contributed by atoms with van der Waals surface area (Å²) in [4.78, 5) is 0. The van der Waals surface area contributed by atoms with Crippen molar-refractivity contribution in [2.24, 2.45) is 0 Å². The van der Waals surface area contributed by atoms with Crippen molar-refractivity contribution in [1.82, 2.24) is 0 Å². The van der Waals surface area contributed by atoms with Gasteiger partial charge in [-0.3, -0.25) is 0 Å². The van der Waals surface area contributed by atoms with Crippen molar-refractivity contribution < 1.29 is 4.68 Å². The number of nitrogens with zero attached hydrogens (tertiary/aromatic N) is 1. The van der Waals surface area contributed by atoms with Gasteiger partial charge in [0.1, 0.15) is 0 Å². The lowest BCUT2D eigenvalue weighted by Gasteiger charge is -1.89. The topological polar surface area (TPSA) is 29.9 Å². The molecule has 0 unspecified atom stereocenters. The van der Waals surface area contributed by atoms with E-state index in [0.717, 1.165) is 10.0 Å². The Balaban J connectivity index is 3.17. The maximum absolute atomic E-state index is 5.45. The van der Waals surface area contributed by atoms with Crippen LogP contribution < -0.4 is 10.5 Å². The highest BCUT2D eigenvalue weighted by Crippen LogP contribution is 2.06. The van der Waals surface area contributed by atoms with Crippen LogP contribution in [0.3, 0.4) is 0 Å². The van der Waals surface area contributed by atoms with E-state index in [1.807, 2.05) is 19.2 Å². The van der Waals surface area contributed by atoms with E-state index in [9.17, 15) is 0 Å². The smallest absolute Gasteiger partial charge is 0.205 e. The molecule has 0 bridgehead atoms. The first-order valence-electron chi connectivity index (χ1n) is 2.62. The Morgan fingerprint density at radius 3 is 2.67 bits per heavy atom. The Morgan fingerprint density at radius 2 is 2.22 bits per heavy atom. The number of pyridine rings is 1. The van der Waals surface area contributed by atoms with Crippen LogP contribution in [-0.2, 0) is 0 Å². The van der Waals surface area contributed by atoms with Gasteiger partial charge in [0.05, 0.1) is 4.47 Å². The quantitative estimate of drug-likeness (QED) is 0.472. The number of nitrogens with two attached hydrogens (primary N) is 1. The molecule has 0 aliphatic carbocycles. The Labute approximate surface area is 62.4 Å². The van der Waals surface area contributed by atoms with Crippen LogP contribution in [0.2, 0.25) is 0 Å². The summed E-state index contributed by atoms with van der Waals surface area (Å²) in [6.07, 6.45) is 3.65. The van der Waals surface area contributed by atoms with Gasteiger partial charge in [-0.25, -0.2) is 5.84 Å². The van der Waals surface area contributed by atoms with E-state index in [2.05, 4.69) is 15.9 Å². The first kappa shape index (κ1) is 6.55. The van der Waals surface area contributed by atoms with Gasteiger partial charge in [0, 0.05) is 5.56 Å². The number of hydrogen-bond donors (Lipinski definition) is 1. The molecule has 0 fully saturated rings. The van der Waals surface area contributed by atoms with Gasteiger partial charge >= 0.3 is 0 Å². The Morgan fingerprint density at radius 1 is 1.56 bits per heavy atom. The van der Waals surface area contributed by atoms with Crippen LogP contribution in [0.1, 0.15) is 5.56 Å². The van der Waals surface area contributed by atoms with Crippen LogP contribution in [0.4, 0.5) is 0 Å². The molecule has 1 rings (SSSR count). The molecule has 0 saturated heterocycles. The minimum absolute atomic E-state index is 1.00. The lowest BCUT2D eigenvalue weighted by molar-refractivity contribution is -0.639. The number of aromatic nitrogens is 1. The third-order valence-corrected chi connectivity index (χ3v) is 1.42. The molecule has 0 radical (unpaired) electrons. The summed E-state index contributed by atoms with van der Waals surface area (Å²) in [5.74, 6) is 5.45. The molecule has 48 valence electrons. The summed E-state index contributed by atoms with van der Waals surface area (Å²) in [7, 11) is 0. The highest BCUT2D eigenvalue weighted by atomic mass is 79.9. The van der Waals surface area contributed by atoms with Crippen molar-refractivity contribution >= 4 is 15.9 Å². The third kappa shape index (κ3) is 1.68. The van der Waals surface area contributed by atoms with Gasteiger partial charge in [-0.2, -0.15) is 0 Å². The number of hydrogen-bond acceptors (Lipinski definition) is 1. The van der Waals surface area contributed by atoms with Gasteiger partial charge < -0.3 is 0 Å². The molecule has 3 heteroatoms. The van der Waals surface area contributed by atoms with Gasteiger partial charge in [0.2, 0.25) is 12.4 Å². The van der Waals surface area contributed by atoms with Gasteiger partial charge in [0.25, 0.3) is 0 Å². The van der Waals surface area contributed by atoms with E-state index in [4.69, 9.17) is 5.84 Å². The molecular formula is C6H8BrN2+. The number of halogens is 1. The monoisotopic (exact) mass is 187 g/mol. The lowest BCUT2D eigenvalue weighted by atomic mass is 10.3. The zero-order valence-corrected chi connectivity index (χ0v) is 6.72. The fourth-order valence-corrected chi connectivity index (χ4v) is 1.30. The van der Waals surface area contributed by atoms with Crippen LogP contribution in [0, 0.1) is 6.92 Å². The van der Waals surface area contributed by atoms with Crippen LogP contribution in [0.5, 0.6) is 0 Å². The minimum Gasteiger partial charge on any atom is -0.205 e. The first-order chi connectivity index (χ1) is 4.18. The number of nitrogen functional groups attached to an aromatic ring is 1. The van der Waals surface area contributed by atoms with Crippen molar-refractivity contribution in [3.63, 3.8) is 0 Å². The second-order valence-electron chi connectivity index (χ2n) is 1.98. The van der Waals surface area contributed by atoms with Crippen LogP contribution in [0.25, 0.3) is 0 Å². The van der Waals surface area contributed by atoms with Crippen molar-refractivity contribution in [2.75, 3.05) is 5.84 Å². The predicted molar refractivity (Wildman–Crippen MR) is 39.2 cm³/mol. The third-order valence-electron chi connectivity index (χ3n) is 0.991. The summed E-state index contributed by atoms with van der Waals surface area (Å²) < 4.78 is 2.53. The fraction of sp³-hybridized carbons (Fsp3) is 0.167. The first-order valence-corrected chi connectivity index (χ1v) is 3.41. The molecule has 1 aromatic heterocycles. The summed E-state index contributed by atoms with van der Waals surface area (Å²) in [6, 6.07) is 2.00. The molecule has 0 aliphatic rings. The summed E-state index contributed by atoms with van der Waals surface area (Å²) in [5, 5.41) is 0. The molecule has 2 nitrogen and oxygen atoms in total. The fourth-order valence-electron chi connectivity index (χ4n) is 0.707. The van der Waals surface area contributed by atoms with Crippen LogP contribution in [0.15, 0.2) is 22.9 Å². The second-order valence-corrected chi connectivity index (χ2v) is 2.89. The van der Waals surface area contributed by atoms with E-state index >= 15 is 0 Å². The SMILES string of the molecule is Cc1cc(Br)c[n+](N)c1. The minimum atomic E-state index is 1.00. The van der Waals surface area contributed by atoms with Crippen molar-refractivity contribution in [3.05, 3.63) is 28.5 Å². The van der Waals surface area contributed by atoms with Crippen molar-refractivity contribution in [1.29, 1.82) is 0 Å². The summed E-state index contributed by atoms with van der Waals surface area (Å²) in [5.41, 5.74) is 1.15. The second kappa shape index (κ2) is 2.35. The number of aryl methyl sites for hydroxylation is 1. The lowest BCUT2D eigenvalue weighted by Crippen LogP contribution is -2.43. The zero-order valence-electron chi connectivity index (χ0n) is 5.13. The highest BCUT2D eigenvalue weighted by Gasteiger charge is 1.96. The Hall–Kier alpha value is -0.570. The van der Waals surface area contributed by atoms with E-state index in [1.165, 1.54) is 4.68 Å². The number of rotatable bonds is 0. The van der Waals surface area contributed by atoms with Crippen LogP contribution >= 0.6 is 15.9 Å². The predicted octanol–water partition coefficient (Wildman–Crippen LogP) is 0.759. The normalized spacial score (nSPS) is 9.56. The summed E-state index contributed by atoms with van der Waals surface area (Å²) >= 11 is 3.31. The molecule has 0 saturated carbocycles. The molecule has 9 heavy (non-hydrogen) atoms. The summed E-state index contributed by atoms with van der Waals surface area (Å²) in [6.45, 7) is 1.99. The molecule has 0 aromatic carbocycles. The Kier molecular flexibility index (Phi) is 1.71. The van der Waals surface area contributed by atoms with Gasteiger partial charge in [-0.05, 0) is 28.9 Å². The highest BCUT2D eigenvalue weighted by molar-refractivity contribution is 9.10. The molecule has 1 aromatic rings. The van der Waals surface area contributed by atoms with Crippen molar-refractivity contribution in [2.45, 2.75) is 6.92 Å². The standard InChI is InChI=1S/C6H8BrN2/c1-5-2-6(7)4-9(8)3-5/h2-4H,8H2,1H3/q+1. The largest absolute Gasteiger partial charge is 0.213 e. The average Bonchev–Trinajstić information content (AvgIpc) is 1.59. The van der Waals surface area contributed by atoms with Gasteiger partial charge in [-0.15, -0.1) is 0 Å².